The van der Waals surface area contributed by atoms with Crippen LogP contribution >= 0.6 is 0 Å². The molecule has 3 nitrogen and oxygen atoms in total. The van der Waals surface area contributed by atoms with Crippen LogP contribution in [0.15, 0.2) is 47.5 Å². The highest BCUT2D eigenvalue weighted by Gasteiger charge is 2.13. The van der Waals surface area contributed by atoms with Gasteiger partial charge in [0, 0.05) is 18.6 Å². The van der Waals surface area contributed by atoms with Gasteiger partial charge in [-0.3, -0.25) is 0 Å². The lowest BCUT2D eigenvalue weighted by Crippen LogP contribution is -1.87. The molecule has 3 rings (SSSR count). The molecule has 1 heterocycles. The highest BCUT2D eigenvalue weighted by molar-refractivity contribution is 6.03. The number of aromatic nitrogens is 1. The van der Waals surface area contributed by atoms with Gasteiger partial charge < -0.3 is 9.67 Å². The Kier molecular flexibility index (Phi) is 3.17. The number of hydrogen-bond acceptors (Lipinski definition) is 2. The van der Waals surface area contributed by atoms with Gasteiger partial charge in [0.2, 0.25) is 5.88 Å². The number of halogens is 2. The monoisotopic (exact) mass is 286 g/mol. The molecular formula is C16H12F2N2O. The summed E-state index contributed by atoms with van der Waals surface area (Å²) in [7, 11) is 1.71. The SMILES string of the molecule is Cn1c(O)c(C=Nc2c(F)cccc2F)c2ccccc21. The van der Waals surface area contributed by atoms with E-state index in [1.54, 1.807) is 11.6 Å². The van der Waals surface area contributed by atoms with Crippen molar-refractivity contribution in [2.75, 3.05) is 0 Å². The first-order chi connectivity index (χ1) is 10.1. The normalized spacial score (nSPS) is 11.6. The summed E-state index contributed by atoms with van der Waals surface area (Å²) in [6, 6.07) is 10.9. The summed E-state index contributed by atoms with van der Waals surface area (Å²) in [6.07, 6.45) is 1.28. The Morgan fingerprint density at radius 2 is 1.71 bits per heavy atom. The maximum atomic E-state index is 13.6. The maximum Gasteiger partial charge on any atom is 0.200 e. The van der Waals surface area contributed by atoms with Gasteiger partial charge in [0.25, 0.3) is 0 Å². The van der Waals surface area contributed by atoms with Gasteiger partial charge >= 0.3 is 0 Å². The Bertz CT molecular complexity index is 833. The first-order valence-corrected chi connectivity index (χ1v) is 6.34. The standard InChI is InChI=1S/C16H12F2N2O/c1-20-14-8-3-2-5-10(14)11(16(20)21)9-19-15-12(17)6-4-7-13(15)18/h2-9,21H,1H3. The molecule has 0 saturated heterocycles. The predicted octanol–water partition coefficient (Wildman–Crippen LogP) is 3.91. The highest BCUT2D eigenvalue weighted by atomic mass is 19.1. The van der Waals surface area contributed by atoms with Gasteiger partial charge in [-0.25, -0.2) is 13.8 Å². The fraction of sp³-hybridized carbons (Fsp3) is 0.0625. The number of aliphatic imine (C=N–C) groups is 1. The van der Waals surface area contributed by atoms with Crippen molar-refractivity contribution >= 4 is 22.8 Å². The molecular weight excluding hydrogens is 274 g/mol. The van der Waals surface area contributed by atoms with Crippen LogP contribution in [-0.4, -0.2) is 15.9 Å². The van der Waals surface area contributed by atoms with Gasteiger partial charge in [-0.1, -0.05) is 24.3 Å². The zero-order chi connectivity index (χ0) is 15.0. The zero-order valence-corrected chi connectivity index (χ0v) is 11.2. The van der Waals surface area contributed by atoms with E-state index in [-0.39, 0.29) is 11.6 Å². The second-order valence-electron chi connectivity index (χ2n) is 4.64. The maximum absolute atomic E-state index is 13.6. The van der Waals surface area contributed by atoms with E-state index in [0.29, 0.717) is 5.56 Å². The molecule has 0 aliphatic heterocycles. The van der Waals surface area contributed by atoms with Crippen molar-refractivity contribution in [2.45, 2.75) is 0 Å². The van der Waals surface area contributed by atoms with Crippen LogP contribution in [0.2, 0.25) is 0 Å². The van der Waals surface area contributed by atoms with E-state index in [1.165, 1.54) is 12.3 Å². The molecule has 1 aromatic heterocycles. The summed E-state index contributed by atoms with van der Waals surface area (Å²) >= 11 is 0. The topological polar surface area (TPSA) is 37.5 Å². The Morgan fingerprint density at radius 1 is 1.05 bits per heavy atom. The minimum absolute atomic E-state index is 0.00306. The Balaban J connectivity index is 2.14. The third-order valence-corrected chi connectivity index (χ3v) is 3.37. The molecule has 0 aliphatic rings. The van der Waals surface area contributed by atoms with E-state index in [2.05, 4.69) is 4.99 Å². The lowest BCUT2D eigenvalue weighted by Gasteiger charge is -1.98. The molecule has 0 unspecified atom stereocenters. The number of hydrogen-bond donors (Lipinski definition) is 1. The third-order valence-electron chi connectivity index (χ3n) is 3.37. The second-order valence-corrected chi connectivity index (χ2v) is 4.64. The summed E-state index contributed by atoms with van der Waals surface area (Å²) in [5.41, 5.74) is 0.867. The number of aromatic hydroxyl groups is 1. The molecule has 0 fully saturated rings. The van der Waals surface area contributed by atoms with E-state index in [0.717, 1.165) is 23.0 Å². The third kappa shape index (κ3) is 2.16. The molecule has 0 bridgehead atoms. The molecule has 21 heavy (non-hydrogen) atoms. The van der Waals surface area contributed by atoms with Crippen LogP contribution in [0.3, 0.4) is 0 Å². The molecule has 3 aromatic rings. The molecule has 106 valence electrons. The van der Waals surface area contributed by atoms with Crippen LogP contribution < -0.4 is 0 Å². The molecule has 0 amide bonds. The smallest absolute Gasteiger partial charge is 0.200 e. The second kappa shape index (κ2) is 5.01. The Hall–Kier alpha value is -2.69. The van der Waals surface area contributed by atoms with Crippen molar-refractivity contribution < 1.29 is 13.9 Å². The van der Waals surface area contributed by atoms with Crippen molar-refractivity contribution in [3.8, 4) is 5.88 Å². The van der Waals surface area contributed by atoms with Crippen LogP contribution in [0.4, 0.5) is 14.5 Å². The Morgan fingerprint density at radius 3 is 2.43 bits per heavy atom. The van der Waals surface area contributed by atoms with Crippen LogP contribution in [0.1, 0.15) is 5.56 Å². The summed E-state index contributed by atoms with van der Waals surface area (Å²) in [6.45, 7) is 0. The van der Waals surface area contributed by atoms with E-state index in [4.69, 9.17) is 0 Å². The highest BCUT2D eigenvalue weighted by Crippen LogP contribution is 2.29. The molecule has 0 atom stereocenters. The van der Waals surface area contributed by atoms with Crippen LogP contribution in [0.5, 0.6) is 5.88 Å². The number of aryl methyl sites for hydroxylation is 1. The first-order valence-electron chi connectivity index (χ1n) is 6.34. The van der Waals surface area contributed by atoms with E-state index < -0.39 is 11.6 Å². The van der Waals surface area contributed by atoms with E-state index in [1.807, 2.05) is 24.3 Å². The van der Waals surface area contributed by atoms with Gasteiger partial charge in [-0.2, -0.15) is 0 Å². The summed E-state index contributed by atoms with van der Waals surface area (Å²) in [5, 5.41) is 10.9. The van der Waals surface area contributed by atoms with Crippen LogP contribution in [0, 0.1) is 11.6 Å². The molecule has 2 aromatic carbocycles. The fourth-order valence-corrected chi connectivity index (χ4v) is 2.28. The number of rotatable bonds is 2. The Labute approximate surface area is 119 Å². The molecule has 0 radical (unpaired) electrons. The lowest BCUT2D eigenvalue weighted by atomic mass is 10.2. The van der Waals surface area contributed by atoms with Crippen molar-refractivity contribution in [1.29, 1.82) is 0 Å². The van der Waals surface area contributed by atoms with Crippen molar-refractivity contribution in [2.24, 2.45) is 12.0 Å². The van der Waals surface area contributed by atoms with E-state index >= 15 is 0 Å². The van der Waals surface area contributed by atoms with E-state index in [9.17, 15) is 13.9 Å². The largest absolute Gasteiger partial charge is 0.494 e. The lowest BCUT2D eigenvalue weighted by molar-refractivity contribution is 0.434. The number of nitrogens with zero attached hydrogens (tertiary/aromatic N) is 2. The molecule has 1 N–H and O–H groups in total. The minimum atomic E-state index is -0.744. The average Bonchev–Trinajstić information content (AvgIpc) is 2.72. The fourth-order valence-electron chi connectivity index (χ4n) is 2.28. The predicted molar refractivity (Wildman–Crippen MR) is 78.2 cm³/mol. The van der Waals surface area contributed by atoms with Gasteiger partial charge in [0.15, 0.2) is 11.6 Å². The van der Waals surface area contributed by atoms with Crippen LogP contribution in [-0.2, 0) is 7.05 Å². The summed E-state index contributed by atoms with van der Waals surface area (Å²) in [5.74, 6) is -1.49. The first kappa shape index (κ1) is 13.3. The van der Waals surface area contributed by atoms with Crippen molar-refractivity contribution in [1.82, 2.24) is 4.57 Å². The zero-order valence-electron chi connectivity index (χ0n) is 11.2. The molecule has 5 heteroatoms. The van der Waals surface area contributed by atoms with Crippen LogP contribution in [0.25, 0.3) is 10.9 Å². The number of benzene rings is 2. The van der Waals surface area contributed by atoms with Gasteiger partial charge in [-0.05, 0) is 18.2 Å². The van der Waals surface area contributed by atoms with Gasteiger partial charge in [-0.15, -0.1) is 0 Å². The number of fused-ring (bicyclic) bond motifs is 1. The van der Waals surface area contributed by atoms with Gasteiger partial charge in [0.05, 0.1) is 11.1 Å². The molecule has 0 saturated carbocycles. The van der Waals surface area contributed by atoms with Crippen molar-refractivity contribution in [3.63, 3.8) is 0 Å². The summed E-state index contributed by atoms with van der Waals surface area (Å²) < 4.78 is 28.7. The number of para-hydroxylation sites is 2. The molecule has 0 spiro atoms. The quantitative estimate of drug-likeness (QED) is 0.712. The summed E-state index contributed by atoms with van der Waals surface area (Å²) in [4.78, 5) is 3.85. The average molecular weight is 286 g/mol. The van der Waals surface area contributed by atoms with Crippen molar-refractivity contribution in [3.05, 3.63) is 59.7 Å². The molecule has 0 aliphatic carbocycles. The van der Waals surface area contributed by atoms with Gasteiger partial charge in [0.1, 0.15) is 5.69 Å². The minimum Gasteiger partial charge on any atom is -0.494 e.